The van der Waals surface area contributed by atoms with Gasteiger partial charge in [0.2, 0.25) is 0 Å². The maximum absolute atomic E-state index is 12.6. The number of carbonyl (C=O) groups excluding carboxylic acids is 1. The first-order valence-corrected chi connectivity index (χ1v) is 10.0. The van der Waals surface area contributed by atoms with Crippen molar-refractivity contribution in [1.82, 2.24) is 5.32 Å². The Hall–Kier alpha value is -3.66. The molecule has 1 heterocycles. The third-order valence-corrected chi connectivity index (χ3v) is 5.22. The third-order valence-electron chi connectivity index (χ3n) is 5.22. The lowest BCUT2D eigenvalue weighted by Gasteiger charge is -2.28. The van der Waals surface area contributed by atoms with Crippen molar-refractivity contribution in [2.75, 3.05) is 18.0 Å². The van der Waals surface area contributed by atoms with Gasteiger partial charge >= 0.3 is 0 Å². The second-order valence-electron chi connectivity index (χ2n) is 7.33. The van der Waals surface area contributed by atoms with Gasteiger partial charge in [-0.1, -0.05) is 36.4 Å². The summed E-state index contributed by atoms with van der Waals surface area (Å²) in [6, 6.07) is 15.9. The molecule has 1 fully saturated rings. The molecule has 1 saturated heterocycles. The monoisotopic (exact) mass is 404 g/mol. The number of rotatable bonds is 6. The summed E-state index contributed by atoms with van der Waals surface area (Å²) in [6.45, 7) is 3.42. The predicted molar refractivity (Wildman–Crippen MR) is 116 cm³/mol. The highest BCUT2D eigenvalue weighted by atomic mass is 16.6. The second-order valence-corrected chi connectivity index (χ2v) is 7.33. The van der Waals surface area contributed by atoms with Crippen LogP contribution in [-0.4, -0.2) is 23.9 Å². The SMILES string of the molecule is CC(NC(=O)/C(C#N)=C\c1ccc(N2CCCCC2)c([N+](=O)[O-])c1)c1ccccc1. The van der Waals surface area contributed by atoms with Crippen molar-refractivity contribution in [2.24, 2.45) is 0 Å². The molecule has 7 heteroatoms. The molecule has 154 valence electrons. The molecule has 0 aromatic heterocycles. The minimum Gasteiger partial charge on any atom is -0.366 e. The standard InChI is InChI=1S/C23H24N4O3/c1-17(19-8-4-2-5-9-19)25-23(28)20(16-24)14-18-10-11-21(22(15-18)27(29)30)26-12-6-3-7-13-26/h2,4-5,8-11,14-15,17H,3,6-7,12-13H2,1H3,(H,25,28)/b20-14-. The minimum atomic E-state index is -0.517. The number of nitrogens with zero attached hydrogens (tertiary/aromatic N) is 3. The Morgan fingerprint density at radius 2 is 1.90 bits per heavy atom. The maximum Gasteiger partial charge on any atom is 0.293 e. The van der Waals surface area contributed by atoms with Gasteiger partial charge in [0.1, 0.15) is 17.3 Å². The van der Waals surface area contributed by atoms with Crippen LogP contribution in [0.3, 0.4) is 0 Å². The average Bonchev–Trinajstić information content (AvgIpc) is 2.78. The van der Waals surface area contributed by atoms with Crippen LogP contribution in [0.4, 0.5) is 11.4 Å². The summed E-state index contributed by atoms with van der Waals surface area (Å²) < 4.78 is 0. The third kappa shape index (κ3) is 5.03. The summed E-state index contributed by atoms with van der Waals surface area (Å²) in [5.74, 6) is -0.517. The molecule has 0 spiro atoms. The number of hydrogen-bond acceptors (Lipinski definition) is 5. The van der Waals surface area contributed by atoms with Crippen LogP contribution in [0.15, 0.2) is 54.1 Å². The fraction of sp³-hybridized carbons (Fsp3) is 0.304. The highest BCUT2D eigenvalue weighted by Crippen LogP contribution is 2.32. The van der Waals surface area contributed by atoms with Crippen molar-refractivity contribution in [1.29, 1.82) is 5.26 Å². The number of nitro benzene ring substituents is 1. The predicted octanol–water partition coefficient (Wildman–Crippen LogP) is 4.37. The number of amides is 1. The van der Waals surface area contributed by atoms with Crippen LogP contribution >= 0.6 is 0 Å². The van der Waals surface area contributed by atoms with Crippen LogP contribution in [0.2, 0.25) is 0 Å². The molecule has 1 aliphatic rings. The molecule has 30 heavy (non-hydrogen) atoms. The van der Waals surface area contributed by atoms with Gasteiger partial charge in [-0.05, 0) is 49.5 Å². The summed E-state index contributed by atoms with van der Waals surface area (Å²) in [5, 5.41) is 23.9. The van der Waals surface area contributed by atoms with Crippen molar-refractivity contribution in [2.45, 2.75) is 32.2 Å². The van der Waals surface area contributed by atoms with E-state index in [-0.39, 0.29) is 17.3 Å². The molecule has 0 bridgehead atoms. The summed E-state index contributed by atoms with van der Waals surface area (Å²) >= 11 is 0. The molecule has 7 nitrogen and oxygen atoms in total. The lowest BCUT2D eigenvalue weighted by atomic mass is 10.1. The van der Waals surface area contributed by atoms with Crippen molar-refractivity contribution in [3.8, 4) is 6.07 Å². The largest absolute Gasteiger partial charge is 0.366 e. The van der Waals surface area contributed by atoms with E-state index in [1.54, 1.807) is 12.1 Å². The number of benzene rings is 2. The molecule has 1 aliphatic heterocycles. The van der Waals surface area contributed by atoms with Gasteiger partial charge in [-0.15, -0.1) is 0 Å². The number of nitro groups is 1. The normalized spacial score (nSPS) is 15.2. The van der Waals surface area contributed by atoms with Crippen molar-refractivity contribution in [3.63, 3.8) is 0 Å². The molecule has 1 amide bonds. The van der Waals surface area contributed by atoms with Gasteiger partial charge in [-0.25, -0.2) is 0 Å². The molecule has 2 aromatic carbocycles. The number of anilines is 1. The second kappa shape index (κ2) is 9.70. The maximum atomic E-state index is 12.6. The summed E-state index contributed by atoms with van der Waals surface area (Å²) in [5.41, 5.74) is 1.84. The van der Waals surface area contributed by atoms with Crippen LogP contribution in [-0.2, 0) is 4.79 Å². The first-order chi connectivity index (χ1) is 14.5. The van der Waals surface area contributed by atoms with E-state index in [9.17, 15) is 20.2 Å². The number of carbonyl (C=O) groups is 1. The Morgan fingerprint density at radius 1 is 1.20 bits per heavy atom. The summed E-state index contributed by atoms with van der Waals surface area (Å²) in [7, 11) is 0. The number of piperidine rings is 1. The van der Waals surface area contributed by atoms with E-state index in [0.29, 0.717) is 11.3 Å². The average molecular weight is 404 g/mol. The Balaban J connectivity index is 1.82. The number of hydrogen-bond donors (Lipinski definition) is 1. The molecule has 0 radical (unpaired) electrons. The van der Waals surface area contributed by atoms with Gasteiger partial charge in [0.15, 0.2) is 0 Å². The van der Waals surface area contributed by atoms with E-state index in [1.165, 1.54) is 12.1 Å². The van der Waals surface area contributed by atoms with Gasteiger partial charge in [0.25, 0.3) is 11.6 Å². The zero-order chi connectivity index (χ0) is 21.5. The molecule has 1 unspecified atom stereocenters. The van der Waals surface area contributed by atoms with Crippen LogP contribution in [0.5, 0.6) is 0 Å². The van der Waals surface area contributed by atoms with E-state index < -0.39 is 10.8 Å². The Morgan fingerprint density at radius 3 is 2.53 bits per heavy atom. The van der Waals surface area contributed by atoms with Gasteiger partial charge in [-0.3, -0.25) is 14.9 Å². The van der Waals surface area contributed by atoms with E-state index in [4.69, 9.17) is 0 Å². The Labute approximate surface area is 175 Å². The van der Waals surface area contributed by atoms with Gasteiger partial charge in [0, 0.05) is 19.2 Å². The fourth-order valence-electron chi connectivity index (χ4n) is 3.59. The molecule has 2 aromatic rings. The first-order valence-electron chi connectivity index (χ1n) is 10.0. The smallest absolute Gasteiger partial charge is 0.293 e. The lowest BCUT2D eigenvalue weighted by Crippen LogP contribution is -2.29. The van der Waals surface area contributed by atoms with Gasteiger partial charge in [0.05, 0.1) is 11.0 Å². The summed E-state index contributed by atoms with van der Waals surface area (Å²) in [6.07, 6.45) is 4.54. The Bertz CT molecular complexity index is 989. The molecule has 0 aliphatic carbocycles. The zero-order valence-corrected chi connectivity index (χ0v) is 16.9. The highest BCUT2D eigenvalue weighted by Gasteiger charge is 2.22. The topological polar surface area (TPSA) is 99.3 Å². The molecular formula is C23H24N4O3. The van der Waals surface area contributed by atoms with Crippen LogP contribution < -0.4 is 10.2 Å². The van der Waals surface area contributed by atoms with Gasteiger partial charge in [-0.2, -0.15) is 5.26 Å². The quantitative estimate of drug-likeness (QED) is 0.334. The zero-order valence-electron chi connectivity index (χ0n) is 16.9. The molecule has 3 rings (SSSR count). The van der Waals surface area contributed by atoms with Crippen molar-refractivity contribution < 1.29 is 9.72 Å². The fourth-order valence-corrected chi connectivity index (χ4v) is 3.59. The lowest BCUT2D eigenvalue weighted by molar-refractivity contribution is -0.384. The van der Waals surface area contributed by atoms with Crippen LogP contribution in [0, 0.1) is 21.4 Å². The van der Waals surface area contributed by atoms with E-state index in [1.807, 2.05) is 48.2 Å². The van der Waals surface area contributed by atoms with Crippen molar-refractivity contribution >= 4 is 23.4 Å². The molecular weight excluding hydrogens is 380 g/mol. The van der Waals surface area contributed by atoms with Crippen LogP contribution in [0.1, 0.15) is 43.4 Å². The number of nitrogens with one attached hydrogen (secondary N) is 1. The molecule has 0 saturated carbocycles. The van der Waals surface area contributed by atoms with E-state index >= 15 is 0 Å². The molecule has 1 N–H and O–H groups in total. The molecule has 1 atom stereocenters. The van der Waals surface area contributed by atoms with Crippen molar-refractivity contribution in [3.05, 3.63) is 75.3 Å². The van der Waals surface area contributed by atoms with Gasteiger partial charge < -0.3 is 10.2 Å². The van der Waals surface area contributed by atoms with Crippen LogP contribution in [0.25, 0.3) is 6.08 Å². The van der Waals surface area contributed by atoms with E-state index in [0.717, 1.165) is 37.9 Å². The Kier molecular flexibility index (Phi) is 6.81. The highest BCUT2D eigenvalue weighted by molar-refractivity contribution is 6.02. The van der Waals surface area contributed by atoms with E-state index in [2.05, 4.69) is 5.32 Å². The summed E-state index contributed by atoms with van der Waals surface area (Å²) in [4.78, 5) is 25.8. The number of nitriles is 1. The first kappa shape index (κ1) is 21.1. The minimum absolute atomic E-state index is 0.0130.